The van der Waals surface area contributed by atoms with Gasteiger partial charge in [0.05, 0.1) is 6.61 Å². The van der Waals surface area contributed by atoms with Crippen molar-refractivity contribution >= 4 is 28.6 Å². The molecule has 3 heterocycles. The summed E-state index contributed by atoms with van der Waals surface area (Å²) < 4.78 is 1.53. The number of hydrogen-bond donors (Lipinski definition) is 2. The van der Waals surface area contributed by atoms with E-state index in [2.05, 4.69) is 20.3 Å². The average molecular weight is 415 g/mol. The summed E-state index contributed by atoms with van der Waals surface area (Å²) in [5.41, 5.74) is 4.84. The number of β-amino-alcohol motifs (C(OH)–C–C–N with tert-alkyl or cyclic N) is 1. The molecule has 0 atom stereocenters. The average Bonchev–Trinajstić information content (AvgIpc) is 2.73. The van der Waals surface area contributed by atoms with Gasteiger partial charge >= 0.3 is 0 Å². The van der Waals surface area contributed by atoms with Crippen molar-refractivity contribution in [1.29, 1.82) is 0 Å². The van der Waals surface area contributed by atoms with Gasteiger partial charge in [-0.25, -0.2) is 9.99 Å². The number of aryl methyl sites for hydroxylation is 1. The SMILES string of the molecule is Cn1c(=O)c(-c2ccccc2Cl)cc2cnc(NN3CCN(CCO)CC3)nc21. The Bertz CT molecular complexity index is 1080. The van der Waals surface area contributed by atoms with Gasteiger partial charge in [0.1, 0.15) is 5.65 Å². The van der Waals surface area contributed by atoms with E-state index < -0.39 is 0 Å². The highest BCUT2D eigenvalue weighted by Crippen LogP contribution is 2.27. The smallest absolute Gasteiger partial charge is 0.259 e. The molecule has 152 valence electrons. The maximum Gasteiger partial charge on any atom is 0.259 e. The first-order valence-electron chi connectivity index (χ1n) is 9.53. The fourth-order valence-corrected chi connectivity index (χ4v) is 3.78. The van der Waals surface area contributed by atoms with Crippen LogP contribution in [0.25, 0.3) is 22.2 Å². The van der Waals surface area contributed by atoms with Crippen LogP contribution < -0.4 is 11.0 Å². The molecule has 8 nitrogen and oxygen atoms in total. The molecule has 0 spiro atoms. The first-order chi connectivity index (χ1) is 14.1. The molecule has 0 radical (unpaired) electrons. The molecular formula is C20H23ClN6O2. The molecule has 2 N–H and O–H groups in total. The van der Waals surface area contributed by atoms with Crippen LogP contribution in [-0.4, -0.2) is 68.9 Å². The van der Waals surface area contributed by atoms with Crippen LogP contribution in [-0.2, 0) is 7.05 Å². The second kappa shape index (κ2) is 8.46. The lowest BCUT2D eigenvalue weighted by Gasteiger charge is -2.34. The Hall–Kier alpha value is -2.52. The summed E-state index contributed by atoms with van der Waals surface area (Å²) in [7, 11) is 1.70. The highest BCUT2D eigenvalue weighted by molar-refractivity contribution is 6.33. The van der Waals surface area contributed by atoms with Gasteiger partial charge in [-0.1, -0.05) is 29.8 Å². The summed E-state index contributed by atoms with van der Waals surface area (Å²) in [4.78, 5) is 24.1. The van der Waals surface area contributed by atoms with Crippen LogP contribution in [0.1, 0.15) is 0 Å². The van der Waals surface area contributed by atoms with Crippen molar-refractivity contribution in [1.82, 2.24) is 24.4 Å². The van der Waals surface area contributed by atoms with Gasteiger partial charge in [-0.2, -0.15) is 4.98 Å². The number of halogens is 1. The maximum absolute atomic E-state index is 12.9. The van der Waals surface area contributed by atoms with E-state index in [1.54, 1.807) is 25.4 Å². The van der Waals surface area contributed by atoms with Crippen LogP contribution in [0.5, 0.6) is 0 Å². The highest BCUT2D eigenvalue weighted by Gasteiger charge is 2.18. The predicted octanol–water partition coefficient (Wildman–Crippen LogP) is 1.59. The molecule has 2 aromatic heterocycles. The summed E-state index contributed by atoms with van der Waals surface area (Å²) >= 11 is 6.29. The number of fused-ring (bicyclic) bond motifs is 1. The summed E-state index contributed by atoms with van der Waals surface area (Å²) in [6.07, 6.45) is 1.71. The van der Waals surface area contributed by atoms with Gasteiger partial charge < -0.3 is 5.11 Å². The number of nitrogens with one attached hydrogen (secondary N) is 1. The van der Waals surface area contributed by atoms with Gasteiger partial charge in [-0.15, -0.1) is 0 Å². The lowest BCUT2D eigenvalue weighted by Crippen LogP contribution is -2.49. The summed E-state index contributed by atoms with van der Waals surface area (Å²) in [6, 6.07) is 9.08. The number of aliphatic hydroxyl groups is 1. The van der Waals surface area contributed by atoms with Crippen LogP contribution in [0.15, 0.2) is 41.3 Å². The molecule has 0 amide bonds. The predicted molar refractivity (Wildman–Crippen MR) is 114 cm³/mol. The number of anilines is 1. The summed E-state index contributed by atoms with van der Waals surface area (Å²) in [5.74, 6) is 0.452. The molecule has 0 bridgehead atoms. The number of hydrogen-bond acceptors (Lipinski definition) is 7. The number of benzene rings is 1. The number of piperazine rings is 1. The zero-order valence-corrected chi connectivity index (χ0v) is 16.9. The third-order valence-electron chi connectivity index (χ3n) is 5.16. The Morgan fingerprint density at radius 1 is 1.17 bits per heavy atom. The van der Waals surface area contributed by atoms with Crippen LogP contribution in [0.4, 0.5) is 5.95 Å². The Morgan fingerprint density at radius 3 is 2.66 bits per heavy atom. The first kappa shape index (κ1) is 19.8. The van der Waals surface area contributed by atoms with Gasteiger partial charge in [-0.3, -0.25) is 19.7 Å². The Labute approximate surface area is 173 Å². The van der Waals surface area contributed by atoms with E-state index in [1.165, 1.54) is 4.57 Å². The second-order valence-corrected chi connectivity index (χ2v) is 7.45. The lowest BCUT2D eigenvalue weighted by molar-refractivity contribution is 0.127. The van der Waals surface area contributed by atoms with Crippen LogP contribution in [0.3, 0.4) is 0 Å². The third-order valence-corrected chi connectivity index (χ3v) is 5.49. The number of rotatable bonds is 5. The fourth-order valence-electron chi connectivity index (χ4n) is 3.54. The van der Waals surface area contributed by atoms with Gasteiger partial charge in [-0.05, 0) is 12.1 Å². The Morgan fingerprint density at radius 2 is 1.93 bits per heavy atom. The van der Waals surface area contributed by atoms with E-state index in [0.29, 0.717) is 34.3 Å². The number of hydrazine groups is 1. The zero-order valence-electron chi connectivity index (χ0n) is 16.2. The molecule has 3 aromatic rings. The second-order valence-electron chi connectivity index (χ2n) is 7.04. The van der Waals surface area contributed by atoms with Crippen molar-refractivity contribution in [2.75, 3.05) is 44.8 Å². The van der Waals surface area contributed by atoms with E-state index in [0.717, 1.165) is 31.6 Å². The molecule has 1 aromatic carbocycles. The zero-order chi connectivity index (χ0) is 20.4. The van der Waals surface area contributed by atoms with Crippen molar-refractivity contribution in [3.05, 3.63) is 51.9 Å². The quantitative estimate of drug-likeness (QED) is 0.655. The Kier molecular flexibility index (Phi) is 5.77. The summed E-state index contributed by atoms with van der Waals surface area (Å²) in [5, 5.41) is 12.4. The summed E-state index contributed by atoms with van der Waals surface area (Å²) in [6.45, 7) is 4.18. The van der Waals surface area contributed by atoms with Gasteiger partial charge in [0, 0.05) is 67.5 Å². The molecule has 0 aliphatic carbocycles. The first-order valence-corrected chi connectivity index (χ1v) is 9.91. The monoisotopic (exact) mass is 414 g/mol. The third kappa shape index (κ3) is 4.11. The topological polar surface area (TPSA) is 86.5 Å². The van der Waals surface area contributed by atoms with E-state index in [-0.39, 0.29) is 12.2 Å². The molecule has 1 aliphatic heterocycles. The highest BCUT2D eigenvalue weighted by atomic mass is 35.5. The molecule has 4 rings (SSSR count). The van der Waals surface area contributed by atoms with E-state index >= 15 is 0 Å². The van der Waals surface area contributed by atoms with Crippen molar-refractivity contribution in [3.8, 4) is 11.1 Å². The van der Waals surface area contributed by atoms with Crippen molar-refractivity contribution in [2.24, 2.45) is 7.05 Å². The molecule has 0 unspecified atom stereocenters. The molecule has 1 fully saturated rings. The minimum atomic E-state index is -0.159. The van der Waals surface area contributed by atoms with Crippen molar-refractivity contribution in [2.45, 2.75) is 0 Å². The molecule has 1 aliphatic rings. The minimum absolute atomic E-state index is 0.159. The van der Waals surface area contributed by atoms with Crippen LogP contribution >= 0.6 is 11.6 Å². The Balaban J connectivity index is 1.61. The van der Waals surface area contributed by atoms with Gasteiger partial charge in [0.15, 0.2) is 0 Å². The van der Waals surface area contributed by atoms with Crippen molar-refractivity contribution < 1.29 is 5.11 Å². The van der Waals surface area contributed by atoms with Crippen LogP contribution in [0, 0.1) is 0 Å². The van der Waals surface area contributed by atoms with E-state index in [9.17, 15) is 4.79 Å². The molecule has 1 saturated heterocycles. The largest absolute Gasteiger partial charge is 0.395 e. The fraction of sp³-hybridized carbons (Fsp3) is 0.350. The minimum Gasteiger partial charge on any atom is -0.395 e. The standard InChI is InChI=1S/C20H23ClN6O2/c1-25-18-14(12-16(19(25)29)15-4-2-3-5-17(15)21)13-22-20(23-18)24-27-8-6-26(7-9-27)10-11-28/h2-5,12-13,28H,6-11H2,1H3,(H,22,23,24). The van der Waals surface area contributed by atoms with Crippen molar-refractivity contribution in [3.63, 3.8) is 0 Å². The number of aromatic nitrogens is 3. The molecule has 9 heteroatoms. The normalized spacial score (nSPS) is 15.7. The van der Waals surface area contributed by atoms with Gasteiger partial charge in [0.25, 0.3) is 5.56 Å². The van der Waals surface area contributed by atoms with E-state index in [1.807, 2.05) is 23.2 Å². The molecule has 0 saturated carbocycles. The molecule has 29 heavy (non-hydrogen) atoms. The van der Waals surface area contributed by atoms with E-state index in [4.69, 9.17) is 16.7 Å². The molecular weight excluding hydrogens is 392 g/mol. The van der Waals surface area contributed by atoms with Crippen LogP contribution in [0.2, 0.25) is 5.02 Å². The lowest BCUT2D eigenvalue weighted by atomic mass is 10.1. The maximum atomic E-state index is 12.9. The van der Waals surface area contributed by atoms with Gasteiger partial charge in [0.2, 0.25) is 5.95 Å². The number of nitrogens with zero attached hydrogens (tertiary/aromatic N) is 5. The number of aliphatic hydroxyl groups excluding tert-OH is 1. The number of pyridine rings is 1.